The lowest BCUT2D eigenvalue weighted by Crippen LogP contribution is -2.33. The molecule has 0 spiro atoms. The molecule has 33 heavy (non-hydrogen) atoms. The number of carbonyl (C=O) groups excluding carboxylic acids is 1. The van der Waals surface area contributed by atoms with E-state index in [1.807, 2.05) is 68.4 Å². The number of hydrogen-bond donors (Lipinski definition) is 1. The molecular weight excluding hydrogens is 432 g/mol. The van der Waals surface area contributed by atoms with Gasteiger partial charge in [0.1, 0.15) is 0 Å². The zero-order valence-electron chi connectivity index (χ0n) is 18.7. The minimum Gasteiger partial charge on any atom is -0.351 e. The number of rotatable bonds is 8. The Labute approximate surface area is 197 Å². The predicted octanol–water partition coefficient (Wildman–Crippen LogP) is 4.34. The Morgan fingerprint density at radius 3 is 2.52 bits per heavy atom. The Morgan fingerprint density at radius 1 is 1.03 bits per heavy atom. The van der Waals surface area contributed by atoms with Crippen LogP contribution in [0.1, 0.15) is 30.0 Å². The van der Waals surface area contributed by atoms with Gasteiger partial charge in [0.05, 0.1) is 17.2 Å². The van der Waals surface area contributed by atoms with Gasteiger partial charge in [0.25, 0.3) is 5.56 Å². The normalized spacial score (nSPS) is 11.9. The maximum Gasteiger partial charge on any atom is 0.263 e. The van der Waals surface area contributed by atoms with E-state index < -0.39 is 0 Å². The molecule has 168 valence electrons. The fourth-order valence-corrected chi connectivity index (χ4v) is 4.52. The summed E-state index contributed by atoms with van der Waals surface area (Å²) in [7, 11) is 0. The molecule has 0 aliphatic carbocycles. The van der Waals surface area contributed by atoms with Gasteiger partial charge in [-0.05, 0) is 36.6 Å². The number of pyridine rings is 1. The largest absolute Gasteiger partial charge is 0.351 e. The molecule has 1 atom stereocenters. The smallest absolute Gasteiger partial charge is 0.263 e. The van der Waals surface area contributed by atoms with Gasteiger partial charge in [-0.1, -0.05) is 78.8 Å². The number of fused-ring (bicyclic) bond motifs is 1. The second kappa shape index (κ2) is 10.4. The molecule has 6 nitrogen and oxygen atoms in total. The number of thioether (sulfide) groups is 1. The molecule has 0 aliphatic heterocycles. The highest BCUT2D eigenvalue weighted by Gasteiger charge is 2.22. The fourth-order valence-electron chi connectivity index (χ4n) is 3.49. The van der Waals surface area contributed by atoms with E-state index in [-0.39, 0.29) is 16.7 Å². The van der Waals surface area contributed by atoms with Gasteiger partial charge in [0, 0.05) is 12.7 Å². The van der Waals surface area contributed by atoms with Crippen molar-refractivity contribution in [3.63, 3.8) is 0 Å². The highest BCUT2D eigenvalue weighted by Crippen LogP contribution is 2.25. The molecule has 4 aromatic rings. The lowest BCUT2D eigenvalue weighted by Gasteiger charge is -2.18. The number of nitrogens with zero attached hydrogens (tertiary/aromatic N) is 3. The van der Waals surface area contributed by atoms with Crippen LogP contribution >= 0.6 is 11.8 Å². The molecule has 2 aromatic carbocycles. The molecule has 2 aromatic heterocycles. The standard InChI is InChI=1S/C26H26N4O2S/c1-3-22(24(31)28-16-19-13-11-18(2)12-14-19)33-26-29-23-21(10-7-15-27-23)25(32)30(26)17-20-8-5-4-6-9-20/h4-15,22H,3,16-17H2,1-2H3,(H,28,31). The fraction of sp³-hybridized carbons (Fsp3) is 0.231. The van der Waals surface area contributed by atoms with Gasteiger partial charge in [0.15, 0.2) is 10.8 Å². The van der Waals surface area contributed by atoms with Crippen LogP contribution in [-0.4, -0.2) is 25.7 Å². The molecule has 1 N–H and O–H groups in total. The summed E-state index contributed by atoms with van der Waals surface area (Å²) in [4.78, 5) is 35.2. The number of benzene rings is 2. The van der Waals surface area contributed by atoms with Crippen molar-refractivity contribution in [2.75, 3.05) is 0 Å². The van der Waals surface area contributed by atoms with Crippen molar-refractivity contribution >= 4 is 28.7 Å². The van der Waals surface area contributed by atoms with Gasteiger partial charge in [0.2, 0.25) is 5.91 Å². The minimum atomic E-state index is -0.384. The lowest BCUT2D eigenvalue weighted by molar-refractivity contribution is -0.120. The highest BCUT2D eigenvalue weighted by molar-refractivity contribution is 8.00. The van der Waals surface area contributed by atoms with E-state index in [2.05, 4.69) is 15.3 Å². The molecule has 0 aliphatic rings. The molecule has 0 saturated heterocycles. The Morgan fingerprint density at radius 2 is 1.79 bits per heavy atom. The van der Waals surface area contributed by atoms with Gasteiger partial charge in [-0.2, -0.15) is 0 Å². The van der Waals surface area contributed by atoms with Crippen molar-refractivity contribution in [3.05, 3.63) is 100.0 Å². The van der Waals surface area contributed by atoms with Crippen molar-refractivity contribution in [2.24, 2.45) is 0 Å². The number of aryl methyl sites for hydroxylation is 1. The van der Waals surface area contributed by atoms with Crippen LogP contribution < -0.4 is 10.9 Å². The van der Waals surface area contributed by atoms with Gasteiger partial charge in [-0.3, -0.25) is 14.2 Å². The van der Waals surface area contributed by atoms with E-state index in [9.17, 15) is 9.59 Å². The van der Waals surface area contributed by atoms with E-state index in [0.717, 1.165) is 11.1 Å². The first kappa shape index (κ1) is 22.7. The summed E-state index contributed by atoms with van der Waals surface area (Å²) in [5.74, 6) is -0.0790. The summed E-state index contributed by atoms with van der Waals surface area (Å²) in [5, 5.41) is 3.60. The molecule has 0 saturated carbocycles. The first-order chi connectivity index (χ1) is 16.0. The van der Waals surface area contributed by atoms with Gasteiger partial charge < -0.3 is 5.32 Å². The third-order valence-corrected chi connectivity index (χ3v) is 6.73. The van der Waals surface area contributed by atoms with Crippen LogP contribution in [0.15, 0.2) is 82.9 Å². The summed E-state index contributed by atoms with van der Waals surface area (Å²) in [5.41, 5.74) is 3.45. The zero-order chi connectivity index (χ0) is 23.2. The van der Waals surface area contributed by atoms with E-state index in [1.54, 1.807) is 22.9 Å². The summed E-state index contributed by atoms with van der Waals surface area (Å²) in [6.07, 6.45) is 2.22. The average molecular weight is 459 g/mol. The quantitative estimate of drug-likeness (QED) is 0.314. The lowest BCUT2D eigenvalue weighted by atomic mass is 10.1. The second-order valence-electron chi connectivity index (χ2n) is 7.86. The van der Waals surface area contributed by atoms with E-state index in [1.165, 1.54) is 17.3 Å². The Balaban J connectivity index is 1.61. The van der Waals surface area contributed by atoms with Crippen molar-refractivity contribution < 1.29 is 4.79 Å². The van der Waals surface area contributed by atoms with Crippen LogP contribution in [0.2, 0.25) is 0 Å². The number of aromatic nitrogens is 3. The van der Waals surface area contributed by atoms with Crippen LogP contribution in [0.3, 0.4) is 0 Å². The molecule has 0 fully saturated rings. The molecule has 2 heterocycles. The molecule has 1 unspecified atom stereocenters. The Bertz CT molecular complexity index is 1300. The van der Waals surface area contributed by atoms with Crippen LogP contribution in [0, 0.1) is 6.92 Å². The third-order valence-electron chi connectivity index (χ3n) is 5.38. The molecule has 7 heteroatoms. The number of amides is 1. The van der Waals surface area contributed by atoms with Crippen LogP contribution in [-0.2, 0) is 17.9 Å². The van der Waals surface area contributed by atoms with Crippen molar-refractivity contribution in [1.82, 2.24) is 19.9 Å². The summed E-state index contributed by atoms with van der Waals surface area (Å²) < 4.78 is 1.64. The van der Waals surface area contributed by atoms with Crippen molar-refractivity contribution in [3.8, 4) is 0 Å². The first-order valence-corrected chi connectivity index (χ1v) is 11.8. The maximum atomic E-state index is 13.3. The average Bonchev–Trinajstić information content (AvgIpc) is 2.85. The second-order valence-corrected chi connectivity index (χ2v) is 9.03. The Hall–Kier alpha value is -3.45. The van der Waals surface area contributed by atoms with E-state index in [4.69, 9.17) is 0 Å². The third kappa shape index (κ3) is 5.49. The first-order valence-electron chi connectivity index (χ1n) is 10.9. The number of nitrogens with one attached hydrogen (secondary N) is 1. The SMILES string of the molecule is CCC(Sc1nc2ncccc2c(=O)n1Cc1ccccc1)C(=O)NCc1ccc(C)cc1. The monoisotopic (exact) mass is 458 g/mol. The summed E-state index contributed by atoms with van der Waals surface area (Å²) in [6, 6.07) is 21.3. The van der Waals surface area contributed by atoms with Crippen molar-refractivity contribution in [1.29, 1.82) is 0 Å². The van der Waals surface area contributed by atoms with Gasteiger partial charge >= 0.3 is 0 Å². The summed E-state index contributed by atoms with van der Waals surface area (Å²) >= 11 is 1.31. The zero-order valence-corrected chi connectivity index (χ0v) is 19.5. The molecule has 0 radical (unpaired) electrons. The van der Waals surface area contributed by atoms with Crippen LogP contribution in [0.4, 0.5) is 0 Å². The molecule has 0 bridgehead atoms. The highest BCUT2D eigenvalue weighted by atomic mass is 32.2. The van der Waals surface area contributed by atoms with E-state index in [0.29, 0.717) is 35.7 Å². The molecule has 1 amide bonds. The number of hydrogen-bond acceptors (Lipinski definition) is 5. The number of carbonyl (C=O) groups is 1. The molecular formula is C26H26N4O2S. The minimum absolute atomic E-state index is 0.0790. The van der Waals surface area contributed by atoms with E-state index >= 15 is 0 Å². The van der Waals surface area contributed by atoms with Crippen molar-refractivity contribution in [2.45, 2.75) is 43.8 Å². The van der Waals surface area contributed by atoms with Crippen LogP contribution in [0.5, 0.6) is 0 Å². The summed E-state index contributed by atoms with van der Waals surface area (Å²) in [6.45, 7) is 4.83. The van der Waals surface area contributed by atoms with Crippen LogP contribution in [0.25, 0.3) is 11.0 Å². The van der Waals surface area contributed by atoms with Gasteiger partial charge in [-0.15, -0.1) is 0 Å². The molecule has 4 rings (SSSR count). The maximum absolute atomic E-state index is 13.3. The Kier molecular flexibility index (Phi) is 7.19. The topological polar surface area (TPSA) is 76.9 Å². The van der Waals surface area contributed by atoms with Gasteiger partial charge in [-0.25, -0.2) is 9.97 Å². The predicted molar refractivity (Wildman–Crippen MR) is 132 cm³/mol.